The average Bonchev–Trinajstić information content (AvgIpc) is 3.03. The smallest absolute Gasteiger partial charge is 0.240 e. The molecule has 0 radical (unpaired) electrons. The molecule has 3 rings (SSSR count). The Morgan fingerprint density at radius 3 is 2.83 bits per heavy atom. The van der Waals surface area contributed by atoms with Crippen molar-refractivity contribution >= 4 is 0 Å². The largest absolute Gasteiger partial charge is 0.396 e. The van der Waals surface area contributed by atoms with Crippen molar-refractivity contribution in [3.63, 3.8) is 0 Å². The summed E-state index contributed by atoms with van der Waals surface area (Å²) in [4.78, 5) is 6.59. The molecule has 2 heterocycles. The number of likely N-dealkylation sites (tertiary alicyclic amines) is 1. The molecule has 1 aliphatic heterocycles. The molecule has 2 N–H and O–H groups in total. The number of aliphatic hydroxyl groups is 2. The van der Waals surface area contributed by atoms with Crippen LogP contribution in [0.15, 0.2) is 34.9 Å². The summed E-state index contributed by atoms with van der Waals surface area (Å²) in [6.45, 7) is 2.00. The summed E-state index contributed by atoms with van der Waals surface area (Å²) in [5.74, 6) is 1.23. The fourth-order valence-electron chi connectivity index (χ4n) is 2.97. The highest BCUT2D eigenvalue weighted by Crippen LogP contribution is 2.18. The Morgan fingerprint density at radius 1 is 1.22 bits per heavy atom. The summed E-state index contributed by atoms with van der Waals surface area (Å²) >= 11 is 0. The van der Waals surface area contributed by atoms with Gasteiger partial charge in [-0.25, -0.2) is 0 Å². The van der Waals surface area contributed by atoms with Crippen molar-refractivity contribution in [1.82, 2.24) is 15.0 Å². The Hall–Kier alpha value is -1.76. The molecule has 2 aromatic rings. The zero-order chi connectivity index (χ0) is 16.1. The molecule has 23 heavy (non-hydrogen) atoms. The number of rotatable bonds is 6. The minimum absolute atomic E-state index is 0.00380. The van der Waals surface area contributed by atoms with Gasteiger partial charge < -0.3 is 14.7 Å². The molecule has 2 atom stereocenters. The van der Waals surface area contributed by atoms with E-state index in [9.17, 15) is 10.2 Å². The van der Waals surface area contributed by atoms with Gasteiger partial charge in [-0.3, -0.25) is 4.90 Å². The van der Waals surface area contributed by atoms with Crippen LogP contribution in [0, 0.1) is 5.92 Å². The predicted molar refractivity (Wildman–Crippen MR) is 84.6 cm³/mol. The fraction of sp³-hybridized carbons (Fsp3) is 0.529. The maximum absolute atomic E-state index is 9.80. The normalized spacial score (nSPS) is 22.3. The minimum Gasteiger partial charge on any atom is -0.396 e. The van der Waals surface area contributed by atoms with E-state index in [-0.39, 0.29) is 12.5 Å². The van der Waals surface area contributed by atoms with Crippen LogP contribution in [0.4, 0.5) is 0 Å². The van der Waals surface area contributed by atoms with Crippen LogP contribution in [0.2, 0.25) is 0 Å². The van der Waals surface area contributed by atoms with Crippen molar-refractivity contribution in [2.75, 3.05) is 19.7 Å². The third-order valence-corrected chi connectivity index (χ3v) is 4.36. The van der Waals surface area contributed by atoms with E-state index in [0.29, 0.717) is 25.4 Å². The van der Waals surface area contributed by atoms with Gasteiger partial charge in [-0.05, 0) is 18.4 Å². The highest BCUT2D eigenvalue weighted by molar-refractivity contribution is 5.15. The van der Waals surface area contributed by atoms with E-state index in [1.54, 1.807) is 0 Å². The Bertz CT molecular complexity index is 602. The van der Waals surface area contributed by atoms with Crippen LogP contribution >= 0.6 is 0 Å². The molecule has 1 aromatic heterocycles. The van der Waals surface area contributed by atoms with E-state index >= 15 is 0 Å². The molecule has 0 bridgehead atoms. The van der Waals surface area contributed by atoms with Gasteiger partial charge in [-0.15, -0.1) is 0 Å². The van der Waals surface area contributed by atoms with Crippen LogP contribution in [-0.2, 0) is 19.4 Å². The number of aromatic nitrogens is 2. The fourth-order valence-corrected chi connectivity index (χ4v) is 2.97. The molecular formula is C17H23N3O3. The van der Waals surface area contributed by atoms with Crippen LogP contribution in [0.3, 0.4) is 0 Å². The quantitative estimate of drug-likeness (QED) is 0.828. The van der Waals surface area contributed by atoms with Crippen molar-refractivity contribution < 1.29 is 14.7 Å². The molecule has 0 spiro atoms. The highest BCUT2D eigenvalue weighted by Gasteiger charge is 2.28. The van der Waals surface area contributed by atoms with Crippen molar-refractivity contribution in [2.45, 2.75) is 31.9 Å². The first-order valence-corrected chi connectivity index (χ1v) is 8.11. The zero-order valence-electron chi connectivity index (χ0n) is 13.1. The van der Waals surface area contributed by atoms with Gasteiger partial charge in [-0.2, -0.15) is 4.98 Å². The van der Waals surface area contributed by atoms with E-state index < -0.39 is 6.10 Å². The molecule has 2 unspecified atom stereocenters. The molecule has 1 aliphatic rings. The summed E-state index contributed by atoms with van der Waals surface area (Å²) < 4.78 is 5.32. The van der Waals surface area contributed by atoms with Crippen molar-refractivity contribution in [1.29, 1.82) is 0 Å². The first-order valence-electron chi connectivity index (χ1n) is 8.11. The number of hydrogen-bond acceptors (Lipinski definition) is 6. The van der Waals surface area contributed by atoms with E-state index in [4.69, 9.17) is 4.52 Å². The average molecular weight is 317 g/mol. The lowest BCUT2D eigenvalue weighted by Crippen LogP contribution is -2.44. The second-order valence-electron chi connectivity index (χ2n) is 6.12. The lowest BCUT2D eigenvalue weighted by molar-refractivity contribution is -0.00469. The van der Waals surface area contributed by atoms with Crippen LogP contribution in [0.1, 0.15) is 23.7 Å². The maximum atomic E-state index is 9.80. The molecule has 1 saturated heterocycles. The Labute approximate surface area is 135 Å². The Morgan fingerprint density at radius 2 is 2.04 bits per heavy atom. The number of piperidine rings is 1. The van der Waals surface area contributed by atoms with Crippen LogP contribution in [0.25, 0.3) is 0 Å². The Kier molecular flexibility index (Phi) is 5.38. The first kappa shape index (κ1) is 16.1. The standard InChI is InChI=1S/C17H23N3O3/c21-12-14-10-20(9-8-15(14)22)11-17-18-16(19-23-17)7-6-13-4-2-1-3-5-13/h1-5,14-15,21-22H,6-12H2. The third-order valence-electron chi connectivity index (χ3n) is 4.36. The maximum Gasteiger partial charge on any atom is 0.240 e. The van der Waals surface area contributed by atoms with Crippen molar-refractivity contribution in [3.05, 3.63) is 47.6 Å². The second kappa shape index (κ2) is 7.68. The van der Waals surface area contributed by atoms with Gasteiger partial charge in [0.15, 0.2) is 5.82 Å². The highest BCUT2D eigenvalue weighted by atomic mass is 16.5. The second-order valence-corrected chi connectivity index (χ2v) is 6.12. The van der Waals surface area contributed by atoms with E-state index in [0.717, 1.165) is 25.2 Å². The molecular weight excluding hydrogens is 294 g/mol. The van der Waals surface area contributed by atoms with E-state index in [1.807, 2.05) is 18.2 Å². The number of aryl methyl sites for hydroxylation is 2. The van der Waals surface area contributed by atoms with Gasteiger partial charge in [0, 0.05) is 32.0 Å². The number of nitrogens with zero attached hydrogens (tertiary/aromatic N) is 3. The monoisotopic (exact) mass is 317 g/mol. The van der Waals surface area contributed by atoms with Gasteiger partial charge in [0.25, 0.3) is 0 Å². The molecule has 6 heteroatoms. The van der Waals surface area contributed by atoms with E-state index in [1.165, 1.54) is 5.56 Å². The Balaban J connectivity index is 1.51. The lowest BCUT2D eigenvalue weighted by Gasteiger charge is -2.34. The molecule has 124 valence electrons. The molecule has 6 nitrogen and oxygen atoms in total. The van der Waals surface area contributed by atoms with Gasteiger partial charge in [-0.1, -0.05) is 35.5 Å². The number of benzene rings is 1. The number of aliphatic hydroxyl groups excluding tert-OH is 2. The van der Waals surface area contributed by atoms with Crippen molar-refractivity contribution in [2.24, 2.45) is 5.92 Å². The van der Waals surface area contributed by atoms with Gasteiger partial charge >= 0.3 is 0 Å². The van der Waals surface area contributed by atoms with Gasteiger partial charge in [0.2, 0.25) is 5.89 Å². The SMILES string of the molecule is OCC1CN(Cc2nc(CCc3ccccc3)no2)CCC1O. The molecule has 0 aliphatic carbocycles. The topological polar surface area (TPSA) is 82.6 Å². The van der Waals surface area contributed by atoms with Crippen molar-refractivity contribution in [3.8, 4) is 0 Å². The number of hydrogen-bond donors (Lipinski definition) is 2. The third kappa shape index (κ3) is 4.37. The van der Waals surface area contributed by atoms with Gasteiger partial charge in [0.05, 0.1) is 12.6 Å². The summed E-state index contributed by atoms with van der Waals surface area (Å²) in [6.07, 6.45) is 1.90. The summed E-state index contributed by atoms with van der Waals surface area (Å²) in [7, 11) is 0. The summed E-state index contributed by atoms with van der Waals surface area (Å²) in [5.41, 5.74) is 1.26. The van der Waals surface area contributed by atoms with Crippen LogP contribution < -0.4 is 0 Å². The zero-order valence-corrected chi connectivity index (χ0v) is 13.1. The summed E-state index contributed by atoms with van der Waals surface area (Å²) in [5, 5.41) is 23.1. The lowest BCUT2D eigenvalue weighted by atomic mass is 9.96. The van der Waals surface area contributed by atoms with E-state index in [2.05, 4.69) is 27.2 Å². The molecule has 1 fully saturated rings. The molecule has 0 amide bonds. The summed E-state index contributed by atoms with van der Waals surface area (Å²) in [6, 6.07) is 10.2. The van der Waals surface area contributed by atoms with Crippen LogP contribution in [-0.4, -0.2) is 51.1 Å². The minimum atomic E-state index is -0.416. The van der Waals surface area contributed by atoms with Gasteiger partial charge in [0.1, 0.15) is 0 Å². The first-order chi connectivity index (χ1) is 11.2. The van der Waals surface area contributed by atoms with Crippen LogP contribution in [0.5, 0.6) is 0 Å². The molecule has 1 aromatic carbocycles. The molecule has 0 saturated carbocycles. The predicted octanol–water partition coefficient (Wildman–Crippen LogP) is 1.03.